The quantitative estimate of drug-likeness (QED) is 0.783. The van der Waals surface area contributed by atoms with Crippen molar-refractivity contribution in [1.29, 1.82) is 0 Å². The average molecular weight is 264 g/mol. The molecule has 0 aliphatic rings. The molecule has 0 fully saturated rings. The van der Waals surface area contributed by atoms with E-state index in [4.69, 9.17) is 10.5 Å². The molecule has 0 amide bonds. The molecular weight excluding hydrogens is 236 g/mol. The molecule has 0 bridgehead atoms. The molecule has 2 N–H and O–H groups in total. The summed E-state index contributed by atoms with van der Waals surface area (Å²) < 4.78 is 5.24. The van der Waals surface area contributed by atoms with Gasteiger partial charge in [0.25, 0.3) is 0 Å². The van der Waals surface area contributed by atoms with Gasteiger partial charge in [0.2, 0.25) is 0 Å². The van der Waals surface area contributed by atoms with Crippen molar-refractivity contribution in [1.82, 2.24) is 4.90 Å². The van der Waals surface area contributed by atoms with Gasteiger partial charge in [0.1, 0.15) is 0 Å². The van der Waals surface area contributed by atoms with E-state index in [1.165, 1.54) is 5.56 Å². The van der Waals surface area contributed by atoms with Crippen LogP contribution in [0.15, 0.2) is 30.3 Å². The van der Waals surface area contributed by atoms with Crippen LogP contribution >= 0.6 is 0 Å². The number of methoxy groups -OCH3 is 1. The van der Waals surface area contributed by atoms with Gasteiger partial charge in [-0.2, -0.15) is 0 Å². The standard InChI is InChI=1S/C16H28N2O/c1-14(12-19-4)18(3)16(2,13-17)11-10-15-8-6-5-7-9-15/h5-9,14H,10-13,17H2,1-4H3. The van der Waals surface area contributed by atoms with Crippen molar-refractivity contribution in [3.05, 3.63) is 35.9 Å². The first-order valence-electron chi connectivity index (χ1n) is 6.99. The van der Waals surface area contributed by atoms with Crippen molar-refractivity contribution in [3.63, 3.8) is 0 Å². The van der Waals surface area contributed by atoms with Gasteiger partial charge in [0, 0.05) is 25.2 Å². The molecule has 2 atom stereocenters. The molecule has 19 heavy (non-hydrogen) atoms. The van der Waals surface area contributed by atoms with E-state index in [0.717, 1.165) is 19.4 Å². The highest BCUT2D eigenvalue weighted by atomic mass is 16.5. The fraction of sp³-hybridized carbons (Fsp3) is 0.625. The van der Waals surface area contributed by atoms with Crippen LogP contribution in [0.5, 0.6) is 0 Å². The fourth-order valence-electron chi connectivity index (χ4n) is 2.37. The first kappa shape index (κ1) is 16.2. The van der Waals surface area contributed by atoms with E-state index in [1.807, 2.05) is 0 Å². The van der Waals surface area contributed by atoms with Gasteiger partial charge in [-0.05, 0) is 39.3 Å². The van der Waals surface area contributed by atoms with Gasteiger partial charge in [-0.25, -0.2) is 0 Å². The second kappa shape index (κ2) is 7.63. The summed E-state index contributed by atoms with van der Waals surface area (Å²) in [6, 6.07) is 11.0. The van der Waals surface area contributed by atoms with Crippen LogP contribution in [0.3, 0.4) is 0 Å². The number of hydrogen-bond acceptors (Lipinski definition) is 3. The number of rotatable bonds is 8. The Bertz CT molecular complexity index is 355. The Kier molecular flexibility index (Phi) is 6.49. The summed E-state index contributed by atoms with van der Waals surface area (Å²) in [6.45, 7) is 5.81. The van der Waals surface area contributed by atoms with Crippen molar-refractivity contribution in [2.24, 2.45) is 5.73 Å². The van der Waals surface area contributed by atoms with Gasteiger partial charge in [-0.1, -0.05) is 30.3 Å². The first-order chi connectivity index (χ1) is 9.03. The highest BCUT2D eigenvalue weighted by molar-refractivity contribution is 5.15. The summed E-state index contributed by atoms with van der Waals surface area (Å²) in [5, 5.41) is 0. The number of benzene rings is 1. The summed E-state index contributed by atoms with van der Waals surface area (Å²) >= 11 is 0. The number of nitrogens with zero attached hydrogens (tertiary/aromatic N) is 1. The molecule has 2 unspecified atom stereocenters. The maximum Gasteiger partial charge on any atom is 0.0615 e. The molecule has 3 heteroatoms. The highest BCUT2D eigenvalue weighted by Crippen LogP contribution is 2.22. The molecule has 0 heterocycles. The number of aryl methyl sites for hydroxylation is 1. The lowest BCUT2D eigenvalue weighted by Crippen LogP contribution is -2.54. The zero-order valence-electron chi connectivity index (χ0n) is 12.7. The van der Waals surface area contributed by atoms with Crippen LogP contribution in [0, 0.1) is 0 Å². The van der Waals surface area contributed by atoms with Gasteiger partial charge < -0.3 is 10.5 Å². The molecule has 0 spiro atoms. The van der Waals surface area contributed by atoms with Gasteiger partial charge >= 0.3 is 0 Å². The smallest absolute Gasteiger partial charge is 0.0615 e. The minimum atomic E-state index is 0.00773. The first-order valence-corrected chi connectivity index (χ1v) is 6.99. The third-order valence-corrected chi connectivity index (χ3v) is 4.16. The average Bonchev–Trinajstić information content (AvgIpc) is 2.45. The normalized spacial score (nSPS) is 16.3. The van der Waals surface area contributed by atoms with Crippen LogP contribution in [0.4, 0.5) is 0 Å². The van der Waals surface area contributed by atoms with Crippen molar-refractivity contribution in [2.45, 2.75) is 38.3 Å². The number of hydrogen-bond donors (Lipinski definition) is 1. The van der Waals surface area contributed by atoms with E-state index >= 15 is 0 Å². The van der Waals surface area contributed by atoms with Crippen LogP contribution in [-0.2, 0) is 11.2 Å². The van der Waals surface area contributed by atoms with E-state index in [2.05, 4.69) is 56.1 Å². The Hall–Kier alpha value is -0.900. The highest BCUT2D eigenvalue weighted by Gasteiger charge is 2.30. The minimum absolute atomic E-state index is 0.00773. The van der Waals surface area contributed by atoms with Gasteiger partial charge in [-0.15, -0.1) is 0 Å². The number of likely N-dealkylation sites (N-methyl/N-ethyl adjacent to an activating group) is 1. The van der Waals surface area contributed by atoms with E-state index in [1.54, 1.807) is 7.11 Å². The Morgan fingerprint density at radius 2 is 1.95 bits per heavy atom. The van der Waals surface area contributed by atoms with Crippen molar-refractivity contribution < 1.29 is 4.74 Å². The zero-order valence-corrected chi connectivity index (χ0v) is 12.7. The van der Waals surface area contributed by atoms with Gasteiger partial charge in [0.15, 0.2) is 0 Å². The molecule has 1 rings (SSSR count). The predicted octanol–water partition coefficient (Wildman–Crippen LogP) is 2.30. The van der Waals surface area contributed by atoms with Crippen LogP contribution in [-0.4, -0.2) is 43.8 Å². The Morgan fingerprint density at radius 1 is 1.32 bits per heavy atom. The van der Waals surface area contributed by atoms with Crippen molar-refractivity contribution >= 4 is 0 Å². The summed E-state index contributed by atoms with van der Waals surface area (Å²) in [4.78, 5) is 2.35. The summed E-state index contributed by atoms with van der Waals surface area (Å²) in [6.07, 6.45) is 2.11. The van der Waals surface area contributed by atoms with Crippen LogP contribution in [0.25, 0.3) is 0 Å². The summed E-state index contributed by atoms with van der Waals surface area (Å²) in [5.74, 6) is 0. The maximum absolute atomic E-state index is 6.02. The number of nitrogens with two attached hydrogens (primary N) is 1. The van der Waals surface area contributed by atoms with Crippen molar-refractivity contribution in [3.8, 4) is 0 Å². The summed E-state index contributed by atoms with van der Waals surface area (Å²) in [5.41, 5.74) is 7.40. The number of ether oxygens (including phenoxy) is 1. The third kappa shape index (κ3) is 4.60. The van der Waals surface area contributed by atoms with Crippen molar-refractivity contribution in [2.75, 3.05) is 27.3 Å². The predicted molar refractivity (Wildman–Crippen MR) is 81.3 cm³/mol. The van der Waals surface area contributed by atoms with Crippen LogP contribution < -0.4 is 5.73 Å². The van der Waals surface area contributed by atoms with E-state index < -0.39 is 0 Å². The molecule has 0 radical (unpaired) electrons. The molecule has 0 aliphatic heterocycles. The van der Waals surface area contributed by atoms with E-state index in [9.17, 15) is 0 Å². The topological polar surface area (TPSA) is 38.5 Å². The molecule has 0 saturated heterocycles. The molecule has 1 aromatic rings. The molecule has 3 nitrogen and oxygen atoms in total. The largest absolute Gasteiger partial charge is 0.383 e. The Labute approximate surface area is 117 Å². The monoisotopic (exact) mass is 264 g/mol. The third-order valence-electron chi connectivity index (χ3n) is 4.16. The molecule has 108 valence electrons. The fourth-order valence-corrected chi connectivity index (χ4v) is 2.37. The molecule has 0 aromatic heterocycles. The molecular formula is C16H28N2O. The lowest BCUT2D eigenvalue weighted by molar-refractivity contribution is 0.0429. The second-order valence-electron chi connectivity index (χ2n) is 5.60. The molecule has 0 aliphatic carbocycles. The SMILES string of the molecule is COCC(C)N(C)C(C)(CN)CCc1ccccc1. The Morgan fingerprint density at radius 3 is 2.47 bits per heavy atom. The maximum atomic E-state index is 6.02. The second-order valence-corrected chi connectivity index (χ2v) is 5.60. The lowest BCUT2D eigenvalue weighted by Gasteiger charge is -2.42. The van der Waals surface area contributed by atoms with Gasteiger partial charge in [0.05, 0.1) is 6.61 Å². The minimum Gasteiger partial charge on any atom is -0.383 e. The van der Waals surface area contributed by atoms with Crippen LogP contribution in [0.1, 0.15) is 25.8 Å². The molecule has 1 aromatic carbocycles. The van der Waals surface area contributed by atoms with E-state index in [-0.39, 0.29) is 5.54 Å². The Balaban J connectivity index is 2.64. The lowest BCUT2D eigenvalue weighted by atomic mass is 9.90. The molecule has 0 saturated carbocycles. The zero-order chi connectivity index (χ0) is 14.3. The van der Waals surface area contributed by atoms with Gasteiger partial charge in [-0.3, -0.25) is 4.90 Å². The summed E-state index contributed by atoms with van der Waals surface area (Å²) in [7, 11) is 3.88. The van der Waals surface area contributed by atoms with Crippen LogP contribution in [0.2, 0.25) is 0 Å². The van der Waals surface area contributed by atoms with E-state index in [0.29, 0.717) is 12.6 Å².